The maximum Gasteiger partial charge on any atom is 0.200 e. The molecule has 0 spiro atoms. The van der Waals surface area contributed by atoms with E-state index >= 15 is 0 Å². The van der Waals surface area contributed by atoms with Crippen LogP contribution < -0.4 is 20.2 Å². The highest BCUT2D eigenvalue weighted by Crippen LogP contribution is 2.27. The number of rotatable bonds is 4. The quantitative estimate of drug-likeness (QED) is 0.636. The van der Waals surface area contributed by atoms with Gasteiger partial charge in [0, 0.05) is 5.56 Å². The van der Waals surface area contributed by atoms with Gasteiger partial charge >= 0.3 is 0 Å². The third kappa shape index (κ3) is 3.47. The number of fused-ring (bicyclic) bond motifs is 1. The second-order valence-electron chi connectivity index (χ2n) is 5.34. The van der Waals surface area contributed by atoms with Crippen molar-refractivity contribution in [2.45, 2.75) is 6.92 Å². The number of ether oxygens (including phenoxy) is 2. The lowest BCUT2D eigenvalue weighted by molar-refractivity contribution is 0.355. The summed E-state index contributed by atoms with van der Waals surface area (Å²) >= 11 is 0. The first-order valence-corrected chi connectivity index (χ1v) is 7.69. The van der Waals surface area contributed by atoms with Gasteiger partial charge in [-0.3, -0.25) is 0 Å². The summed E-state index contributed by atoms with van der Waals surface area (Å²) in [6.45, 7) is 5.76. The summed E-state index contributed by atoms with van der Waals surface area (Å²) in [7, 11) is 3.19. The van der Waals surface area contributed by atoms with E-state index in [1.807, 2.05) is 49.4 Å². The molecule has 6 heteroatoms. The van der Waals surface area contributed by atoms with Crippen molar-refractivity contribution >= 4 is 11.5 Å². The molecule has 3 rings (SSSR count). The summed E-state index contributed by atoms with van der Waals surface area (Å²) in [6, 6.07) is 13.2. The van der Waals surface area contributed by atoms with Gasteiger partial charge in [0.25, 0.3) is 0 Å². The van der Waals surface area contributed by atoms with Crippen molar-refractivity contribution in [3.63, 3.8) is 0 Å². The summed E-state index contributed by atoms with van der Waals surface area (Å²) in [5.74, 6) is 1.70. The number of benzene rings is 2. The Morgan fingerprint density at radius 2 is 1.64 bits per heavy atom. The third-order valence-corrected chi connectivity index (χ3v) is 3.72. The van der Waals surface area contributed by atoms with Crippen molar-refractivity contribution in [2.24, 2.45) is 20.2 Å². The second-order valence-corrected chi connectivity index (χ2v) is 5.34. The fraction of sp³-hybridized carbons (Fsp3) is 0.158. The number of amidine groups is 1. The minimum atomic E-state index is 0.401. The Hall–Kier alpha value is -3.28. The van der Waals surface area contributed by atoms with Crippen molar-refractivity contribution in [2.75, 3.05) is 14.2 Å². The molecule has 1 aliphatic heterocycles. The maximum atomic E-state index is 5.31. The summed E-state index contributed by atoms with van der Waals surface area (Å²) in [6.07, 6.45) is 0. The van der Waals surface area contributed by atoms with Crippen molar-refractivity contribution in [1.82, 2.24) is 0 Å². The molecule has 0 saturated heterocycles. The average Bonchev–Trinajstić information content (AvgIpc) is 2.65. The van der Waals surface area contributed by atoms with Crippen LogP contribution in [0, 0.1) is 0 Å². The standard InChI is InChI=1S/C19H18N4O2/c1-12(14-9-10-17(24-3)18(11-14)25-4)22-23-19-13(2)20-15-7-5-6-8-16(15)21-19/h5-11H,2H2,1,3-4H3/b22-12+,23-19-. The fourth-order valence-corrected chi connectivity index (χ4v) is 2.35. The van der Waals surface area contributed by atoms with Gasteiger partial charge in [0.15, 0.2) is 17.3 Å². The molecular formula is C19H18N4O2. The number of para-hydroxylation sites is 2. The van der Waals surface area contributed by atoms with E-state index in [0.29, 0.717) is 23.0 Å². The maximum absolute atomic E-state index is 5.31. The van der Waals surface area contributed by atoms with Gasteiger partial charge in [0.05, 0.1) is 30.6 Å². The molecule has 1 heterocycles. The predicted molar refractivity (Wildman–Crippen MR) is 97.1 cm³/mol. The molecule has 0 atom stereocenters. The van der Waals surface area contributed by atoms with E-state index in [1.165, 1.54) is 0 Å². The fourth-order valence-electron chi connectivity index (χ4n) is 2.35. The molecule has 0 radical (unpaired) electrons. The molecule has 0 N–H and O–H groups in total. The molecule has 2 aromatic rings. The molecule has 0 amide bonds. The Morgan fingerprint density at radius 3 is 2.32 bits per heavy atom. The molecule has 0 saturated carbocycles. The Morgan fingerprint density at radius 1 is 0.960 bits per heavy atom. The van der Waals surface area contributed by atoms with Gasteiger partial charge in [-0.05, 0) is 37.3 Å². The van der Waals surface area contributed by atoms with Gasteiger partial charge < -0.3 is 9.47 Å². The first kappa shape index (κ1) is 16.6. The van der Waals surface area contributed by atoms with Crippen LogP contribution in [0.1, 0.15) is 12.5 Å². The monoisotopic (exact) mass is 334 g/mol. The van der Waals surface area contributed by atoms with Crippen LogP contribution in [-0.2, 0) is 0 Å². The first-order valence-electron chi connectivity index (χ1n) is 7.69. The Balaban J connectivity index is 1.95. The highest BCUT2D eigenvalue weighted by Gasteiger charge is 2.09. The van der Waals surface area contributed by atoms with E-state index in [2.05, 4.69) is 26.8 Å². The second kappa shape index (κ2) is 7.09. The van der Waals surface area contributed by atoms with E-state index in [4.69, 9.17) is 9.47 Å². The molecule has 0 aromatic heterocycles. The highest BCUT2D eigenvalue weighted by molar-refractivity contribution is 6.02. The van der Waals surface area contributed by atoms with Crippen molar-refractivity contribution in [3.8, 4) is 11.5 Å². The van der Waals surface area contributed by atoms with Crippen LogP contribution in [0.5, 0.6) is 11.5 Å². The normalized spacial score (nSPS) is 15.2. The zero-order valence-corrected chi connectivity index (χ0v) is 14.4. The molecule has 0 fully saturated rings. The minimum absolute atomic E-state index is 0.401. The van der Waals surface area contributed by atoms with Gasteiger partial charge in [0.1, 0.15) is 5.70 Å². The van der Waals surface area contributed by atoms with Crippen LogP contribution in [0.4, 0.5) is 0 Å². The molecular weight excluding hydrogens is 316 g/mol. The van der Waals surface area contributed by atoms with Gasteiger partial charge in [-0.15, -0.1) is 5.10 Å². The van der Waals surface area contributed by atoms with E-state index in [-0.39, 0.29) is 0 Å². The molecule has 2 aromatic carbocycles. The van der Waals surface area contributed by atoms with E-state index in [1.54, 1.807) is 14.2 Å². The van der Waals surface area contributed by atoms with E-state index in [0.717, 1.165) is 22.0 Å². The van der Waals surface area contributed by atoms with Gasteiger partial charge in [-0.25, -0.2) is 9.98 Å². The van der Waals surface area contributed by atoms with Crippen LogP contribution in [0.3, 0.4) is 0 Å². The molecule has 126 valence electrons. The lowest BCUT2D eigenvalue weighted by atomic mass is 10.1. The number of hydrogen-bond donors (Lipinski definition) is 0. The SMILES string of the molecule is C=C1N=c2ccccc2=N/C1=N\N=C(/C)c1ccc(OC)c(OC)c1. The topological polar surface area (TPSA) is 67.9 Å². The van der Waals surface area contributed by atoms with E-state index < -0.39 is 0 Å². The first-order chi connectivity index (χ1) is 12.1. The molecule has 0 aliphatic carbocycles. The summed E-state index contributed by atoms with van der Waals surface area (Å²) in [4.78, 5) is 8.86. The average molecular weight is 334 g/mol. The summed E-state index contributed by atoms with van der Waals surface area (Å²) in [5.41, 5.74) is 2.08. The number of nitrogens with zero attached hydrogens (tertiary/aromatic N) is 4. The molecule has 1 aliphatic rings. The Labute approximate surface area is 145 Å². The van der Waals surface area contributed by atoms with Gasteiger partial charge in [0.2, 0.25) is 0 Å². The van der Waals surface area contributed by atoms with Crippen LogP contribution in [0.15, 0.2) is 74.9 Å². The highest BCUT2D eigenvalue weighted by atomic mass is 16.5. The third-order valence-electron chi connectivity index (χ3n) is 3.72. The van der Waals surface area contributed by atoms with Crippen molar-refractivity contribution in [1.29, 1.82) is 0 Å². The van der Waals surface area contributed by atoms with E-state index in [9.17, 15) is 0 Å². The van der Waals surface area contributed by atoms with Crippen LogP contribution >= 0.6 is 0 Å². The summed E-state index contributed by atoms with van der Waals surface area (Å²) < 4.78 is 10.6. The minimum Gasteiger partial charge on any atom is -0.493 e. The molecule has 6 nitrogen and oxygen atoms in total. The predicted octanol–water partition coefficient (Wildman–Crippen LogP) is 2.29. The zero-order valence-electron chi connectivity index (χ0n) is 14.4. The number of hydrogen-bond acceptors (Lipinski definition) is 5. The van der Waals surface area contributed by atoms with Gasteiger partial charge in [-0.1, -0.05) is 18.7 Å². The Bertz CT molecular complexity index is 1010. The van der Waals surface area contributed by atoms with Crippen LogP contribution in [0.25, 0.3) is 0 Å². The molecule has 25 heavy (non-hydrogen) atoms. The van der Waals surface area contributed by atoms with Crippen molar-refractivity contribution in [3.05, 3.63) is 71.0 Å². The van der Waals surface area contributed by atoms with Crippen LogP contribution in [0.2, 0.25) is 0 Å². The van der Waals surface area contributed by atoms with Crippen molar-refractivity contribution < 1.29 is 9.47 Å². The lowest BCUT2D eigenvalue weighted by Gasteiger charge is -2.09. The lowest BCUT2D eigenvalue weighted by Crippen LogP contribution is -2.30. The largest absolute Gasteiger partial charge is 0.493 e. The van der Waals surface area contributed by atoms with Crippen LogP contribution in [-0.4, -0.2) is 25.8 Å². The zero-order chi connectivity index (χ0) is 17.8. The molecule has 0 unspecified atom stereocenters. The molecule has 0 bridgehead atoms. The van der Waals surface area contributed by atoms with Gasteiger partial charge in [-0.2, -0.15) is 5.10 Å². The Kier molecular flexibility index (Phi) is 4.70. The summed E-state index contributed by atoms with van der Waals surface area (Å²) in [5, 5.41) is 10.0. The number of methoxy groups -OCH3 is 2. The smallest absolute Gasteiger partial charge is 0.200 e.